The van der Waals surface area contributed by atoms with Crippen molar-refractivity contribution in [1.29, 1.82) is 0 Å². The van der Waals surface area contributed by atoms with Crippen LogP contribution in [0.2, 0.25) is 0 Å². The average Bonchev–Trinajstić information content (AvgIpc) is 1.87. The lowest BCUT2D eigenvalue weighted by atomic mass is 10.1. The zero-order chi connectivity index (χ0) is 8.91. The lowest BCUT2D eigenvalue weighted by Gasteiger charge is -2.19. The monoisotopic (exact) mass is 194 g/mol. The topological polar surface area (TPSA) is 20.2 Å². The van der Waals surface area contributed by atoms with Gasteiger partial charge in [0.15, 0.2) is 0 Å². The Morgan fingerprint density at radius 2 is 2.09 bits per heavy atom. The molecule has 0 spiro atoms. The van der Waals surface area contributed by atoms with Crippen LogP contribution in [0.3, 0.4) is 0 Å². The van der Waals surface area contributed by atoms with Crippen molar-refractivity contribution in [2.24, 2.45) is 0 Å². The van der Waals surface area contributed by atoms with Gasteiger partial charge in [-0.05, 0) is 30.9 Å². The van der Waals surface area contributed by atoms with Gasteiger partial charge in [-0.15, -0.1) is 12.6 Å². The first-order chi connectivity index (χ1) is 4.98. The lowest BCUT2D eigenvalue weighted by molar-refractivity contribution is 0.122. The molecule has 0 aliphatic rings. The molecule has 0 heterocycles. The van der Waals surface area contributed by atoms with Crippen molar-refractivity contribution in [2.75, 3.05) is 0 Å². The van der Waals surface area contributed by atoms with Gasteiger partial charge in [0.1, 0.15) is 4.93 Å². The molecule has 1 nitrogen and oxygen atoms in total. The summed E-state index contributed by atoms with van der Waals surface area (Å²) in [5.74, 6) is 0. The maximum Gasteiger partial charge on any atom is 0.107 e. The highest BCUT2D eigenvalue weighted by Gasteiger charge is 2.17. The number of thiol groups is 2. The Bertz CT molecular complexity index is 102. The van der Waals surface area contributed by atoms with E-state index in [1.807, 2.05) is 6.92 Å². The minimum atomic E-state index is -0.761. The van der Waals surface area contributed by atoms with E-state index in [0.717, 1.165) is 19.3 Å². The van der Waals surface area contributed by atoms with E-state index in [9.17, 15) is 5.11 Å². The molecule has 0 aliphatic carbocycles. The molecule has 0 aromatic heterocycles. The van der Waals surface area contributed by atoms with Gasteiger partial charge < -0.3 is 5.11 Å². The zero-order valence-corrected chi connectivity index (χ0v) is 9.04. The Balaban J connectivity index is 3.38. The van der Waals surface area contributed by atoms with Crippen molar-refractivity contribution in [3.8, 4) is 0 Å². The summed E-state index contributed by atoms with van der Waals surface area (Å²) in [6.07, 6.45) is 3.51. The Kier molecular flexibility index (Phi) is 5.65. The van der Waals surface area contributed by atoms with Gasteiger partial charge in [-0.3, -0.25) is 0 Å². The molecule has 2 unspecified atom stereocenters. The van der Waals surface area contributed by atoms with Gasteiger partial charge in [0.2, 0.25) is 0 Å². The molecule has 0 saturated heterocycles. The number of hydrogen-bond donors (Lipinski definition) is 3. The average molecular weight is 194 g/mol. The molecule has 2 atom stereocenters. The van der Waals surface area contributed by atoms with Crippen LogP contribution in [0.5, 0.6) is 0 Å². The van der Waals surface area contributed by atoms with E-state index in [2.05, 4.69) is 32.2 Å². The van der Waals surface area contributed by atoms with E-state index in [0.29, 0.717) is 11.7 Å². The summed E-state index contributed by atoms with van der Waals surface area (Å²) >= 11 is 8.37. The second-order valence-corrected chi connectivity index (χ2v) is 4.79. The van der Waals surface area contributed by atoms with E-state index < -0.39 is 4.93 Å². The van der Waals surface area contributed by atoms with Crippen LogP contribution < -0.4 is 0 Å². The van der Waals surface area contributed by atoms with E-state index >= 15 is 0 Å². The molecule has 3 heteroatoms. The Morgan fingerprint density at radius 3 is 2.45 bits per heavy atom. The molecule has 0 aliphatic heterocycles. The fourth-order valence-electron chi connectivity index (χ4n) is 0.857. The smallest absolute Gasteiger partial charge is 0.107 e. The second-order valence-electron chi connectivity index (χ2n) is 3.08. The third-order valence-electron chi connectivity index (χ3n) is 1.77. The van der Waals surface area contributed by atoms with Crippen LogP contribution in [-0.2, 0) is 0 Å². The van der Waals surface area contributed by atoms with E-state index in [4.69, 9.17) is 0 Å². The molecule has 0 aromatic rings. The predicted octanol–water partition coefficient (Wildman–Crippen LogP) is 2.50. The van der Waals surface area contributed by atoms with Crippen LogP contribution in [0.1, 0.15) is 39.5 Å². The Morgan fingerprint density at radius 1 is 1.55 bits per heavy atom. The van der Waals surface area contributed by atoms with Gasteiger partial charge in [-0.2, -0.15) is 12.6 Å². The number of hydrogen-bond acceptors (Lipinski definition) is 3. The maximum absolute atomic E-state index is 9.48. The summed E-state index contributed by atoms with van der Waals surface area (Å²) in [6.45, 7) is 4.00. The van der Waals surface area contributed by atoms with Gasteiger partial charge in [0, 0.05) is 0 Å². The van der Waals surface area contributed by atoms with Crippen molar-refractivity contribution >= 4 is 25.3 Å². The first-order valence-corrected chi connectivity index (χ1v) is 5.07. The maximum atomic E-state index is 9.48. The van der Waals surface area contributed by atoms with Gasteiger partial charge in [0.05, 0.1) is 0 Å². The molecule has 0 aromatic carbocycles. The number of rotatable bonds is 5. The van der Waals surface area contributed by atoms with Gasteiger partial charge in [-0.25, -0.2) is 0 Å². The molecule has 0 radical (unpaired) electrons. The van der Waals surface area contributed by atoms with Crippen LogP contribution in [-0.4, -0.2) is 15.3 Å². The summed E-state index contributed by atoms with van der Waals surface area (Å²) < 4.78 is 0. The molecule has 68 valence electrons. The van der Waals surface area contributed by atoms with Gasteiger partial charge in [0.25, 0.3) is 0 Å². The highest BCUT2D eigenvalue weighted by atomic mass is 32.1. The summed E-state index contributed by atoms with van der Waals surface area (Å²) in [7, 11) is 0. The van der Waals surface area contributed by atoms with Crippen molar-refractivity contribution < 1.29 is 5.11 Å². The first kappa shape index (κ1) is 11.7. The highest BCUT2D eigenvalue weighted by Crippen LogP contribution is 2.23. The van der Waals surface area contributed by atoms with Crippen molar-refractivity contribution in [3.63, 3.8) is 0 Å². The highest BCUT2D eigenvalue weighted by molar-refractivity contribution is 7.81. The minimum Gasteiger partial charge on any atom is -0.380 e. The van der Waals surface area contributed by atoms with E-state index in [-0.39, 0.29) is 0 Å². The molecule has 0 amide bonds. The largest absolute Gasteiger partial charge is 0.380 e. The van der Waals surface area contributed by atoms with Crippen molar-refractivity contribution in [3.05, 3.63) is 0 Å². The fraction of sp³-hybridized carbons (Fsp3) is 1.00. The SMILES string of the molecule is CCC(O)(S)CCCC(C)S. The molecular formula is C8H18OS2. The Labute approximate surface area is 80.4 Å². The third kappa shape index (κ3) is 7.04. The van der Waals surface area contributed by atoms with Crippen LogP contribution in [0.4, 0.5) is 0 Å². The molecule has 1 N–H and O–H groups in total. The van der Waals surface area contributed by atoms with Gasteiger partial charge in [-0.1, -0.05) is 13.8 Å². The Hall–Kier alpha value is 0.660. The molecular weight excluding hydrogens is 176 g/mol. The van der Waals surface area contributed by atoms with E-state index in [1.54, 1.807) is 0 Å². The fourth-order valence-corrected chi connectivity index (χ4v) is 1.20. The molecule has 0 rings (SSSR count). The molecule has 0 bridgehead atoms. The quantitative estimate of drug-likeness (QED) is 0.454. The van der Waals surface area contributed by atoms with Crippen molar-refractivity contribution in [2.45, 2.75) is 49.7 Å². The normalized spacial score (nSPS) is 19.4. The first-order valence-electron chi connectivity index (χ1n) is 4.11. The van der Waals surface area contributed by atoms with Crippen LogP contribution in [0, 0.1) is 0 Å². The summed E-state index contributed by atoms with van der Waals surface area (Å²) in [4.78, 5) is -0.761. The predicted molar refractivity (Wildman–Crippen MR) is 56.5 cm³/mol. The summed E-state index contributed by atoms with van der Waals surface area (Å²) in [5.41, 5.74) is 0. The molecule has 0 fully saturated rings. The molecule has 0 saturated carbocycles. The van der Waals surface area contributed by atoms with Crippen LogP contribution in [0.25, 0.3) is 0 Å². The van der Waals surface area contributed by atoms with E-state index in [1.165, 1.54) is 0 Å². The van der Waals surface area contributed by atoms with Crippen LogP contribution in [0.15, 0.2) is 0 Å². The zero-order valence-electron chi connectivity index (χ0n) is 7.25. The van der Waals surface area contributed by atoms with Gasteiger partial charge >= 0.3 is 0 Å². The van der Waals surface area contributed by atoms with Crippen LogP contribution >= 0.6 is 25.3 Å². The second kappa shape index (κ2) is 5.33. The number of aliphatic hydroxyl groups is 1. The minimum absolute atomic E-state index is 0.427. The summed E-state index contributed by atoms with van der Waals surface area (Å²) in [6, 6.07) is 0. The third-order valence-corrected chi connectivity index (χ3v) is 2.56. The molecule has 11 heavy (non-hydrogen) atoms. The summed E-state index contributed by atoms with van der Waals surface area (Å²) in [5, 5.41) is 9.90. The van der Waals surface area contributed by atoms with Crippen molar-refractivity contribution in [1.82, 2.24) is 0 Å². The lowest BCUT2D eigenvalue weighted by Crippen LogP contribution is -2.19. The standard InChI is InChI=1S/C8H18OS2/c1-3-8(9,11)6-4-5-7(2)10/h7,9-11H,3-6H2,1-2H3.